The molecule has 0 atom stereocenters. The van der Waals surface area contributed by atoms with Gasteiger partial charge in [0.15, 0.2) is 17.0 Å². The van der Waals surface area contributed by atoms with Crippen molar-refractivity contribution in [2.45, 2.75) is 13.5 Å². The van der Waals surface area contributed by atoms with Crippen LogP contribution in [0.3, 0.4) is 0 Å². The molecule has 36 heavy (non-hydrogen) atoms. The molecule has 2 aliphatic rings. The lowest BCUT2D eigenvalue weighted by atomic mass is 10.1. The van der Waals surface area contributed by atoms with E-state index < -0.39 is 0 Å². The predicted molar refractivity (Wildman–Crippen MR) is 136 cm³/mol. The Morgan fingerprint density at radius 2 is 1.75 bits per heavy atom. The van der Waals surface area contributed by atoms with E-state index >= 15 is 0 Å². The topological polar surface area (TPSA) is 97.4 Å². The number of aromatic nitrogens is 6. The maximum absolute atomic E-state index is 12.5. The van der Waals surface area contributed by atoms with Crippen LogP contribution >= 0.6 is 0 Å². The van der Waals surface area contributed by atoms with Gasteiger partial charge < -0.3 is 19.4 Å². The van der Waals surface area contributed by atoms with Gasteiger partial charge in [-0.1, -0.05) is 30.3 Å². The number of carbonyl (C=O) groups is 1. The molecule has 3 aromatic heterocycles. The number of morpholine rings is 1. The SMILES string of the molecule is CCn1c(N2CCN(C)C(=O)C2)nc2c(N3CCOCC3)nc(-n3cc(-c4ccccc4)cn3)nc21. The summed E-state index contributed by atoms with van der Waals surface area (Å²) in [6.07, 6.45) is 3.78. The van der Waals surface area contributed by atoms with Crippen molar-refractivity contribution in [3.05, 3.63) is 42.7 Å². The minimum absolute atomic E-state index is 0.0844. The average molecular weight is 488 g/mol. The first-order chi connectivity index (χ1) is 17.6. The van der Waals surface area contributed by atoms with Gasteiger partial charge in [-0.3, -0.25) is 9.36 Å². The standard InChI is InChI=1S/C25H29N9O2/c1-3-33-23-21(27-25(33)32-10-9-30(2)20(35)17-32)22(31-11-13-36-14-12-31)28-24(29-23)34-16-19(15-26-34)18-7-5-4-6-8-18/h4-8,15-16H,3,9-14,17H2,1-2H3. The predicted octanol–water partition coefficient (Wildman–Crippen LogP) is 1.81. The number of nitrogens with zero attached hydrogens (tertiary/aromatic N) is 9. The summed E-state index contributed by atoms with van der Waals surface area (Å²) in [5, 5.41) is 4.58. The van der Waals surface area contributed by atoms with Gasteiger partial charge in [-0.2, -0.15) is 15.1 Å². The van der Waals surface area contributed by atoms with E-state index in [-0.39, 0.29) is 5.91 Å². The van der Waals surface area contributed by atoms with Crippen LogP contribution in [0, 0.1) is 0 Å². The van der Waals surface area contributed by atoms with E-state index in [0.717, 1.165) is 53.7 Å². The van der Waals surface area contributed by atoms with Crippen LogP contribution in [0.15, 0.2) is 42.7 Å². The molecule has 0 spiro atoms. The number of aryl methyl sites for hydroxylation is 1. The lowest BCUT2D eigenvalue weighted by molar-refractivity contribution is -0.129. The molecule has 0 aliphatic carbocycles. The lowest BCUT2D eigenvalue weighted by Crippen LogP contribution is -2.49. The summed E-state index contributed by atoms with van der Waals surface area (Å²) in [7, 11) is 1.84. The molecule has 4 aromatic rings. The van der Waals surface area contributed by atoms with Gasteiger partial charge in [0.1, 0.15) is 0 Å². The summed E-state index contributed by atoms with van der Waals surface area (Å²) in [6, 6.07) is 10.1. The van der Waals surface area contributed by atoms with E-state index in [0.29, 0.717) is 38.8 Å². The zero-order chi connectivity index (χ0) is 24.6. The van der Waals surface area contributed by atoms with Gasteiger partial charge in [0.2, 0.25) is 11.9 Å². The molecule has 0 N–H and O–H groups in total. The summed E-state index contributed by atoms with van der Waals surface area (Å²) in [5.41, 5.74) is 3.55. The second-order valence-corrected chi connectivity index (χ2v) is 9.05. The Balaban J connectivity index is 1.48. The minimum Gasteiger partial charge on any atom is -0.378 e. The zero-order valence-electron chi connectivity index (χ0n) is 20.5. The van der Waals surface area contributed by atoms with Gasteiger partial charge in [0.25, 0.3) is 5.95 Å². The molecular weight excluding hydrogens is 458 g/mol. The molecule has 11 nitrogen and oxygen atoms in total. The maximum Gasteiger partial charge on any atom is 0.254 e. The number of fused-ring (bicyclic) bond motifs is 1. The Labute approximate surface area is 208 Å². The van der Waals surface area contributed by atoms with Crippen LogP contribution in [0.1, 0.15) is 6.92 Å². The summed E-state index contributed by atoms with van der Waals surface area (Å²) in [6.45, 7) is 7.13. The van der Waals surface area contributed by atoms with Gasteiger partial charge in [0, 0.05) is 51.5 Å². The van der Waals surface area contributed by atoms with Crippen molar-refractivity contribution in [2.24, 2.45) is 0 Å². The van der Waals surface area contributed by atoms with Crippen LogP contribution < -0.4 is 9.80 Å². The molecular formula is C25H29N9O2. The van der Waals surface area contributed by atoms with Gasteiger partial charge in [-0.25, -0.2) is 9.67 Å². The molecule has 6 rings (SSSR count). The van der Waals surface area contributed by atoms with Crippen LogP contribution in [0.2, 0.25) is 0 Å². The highest BCUT2D eigenvalue weighted by Gasteiger charge is 2.28. The molecule has 0 bridgehead atoms. The number of hydrogen-bond acceptors (Lipinski definition) is 8. The van der Waals surface area contributed by atoms with Crippen molar-refractivity contribution in [3.63, 3.8) is 0 Å². The van der Waals surface area contributed by atoms with Crippen molar-refractivity contribution < 1.29 is 9.53 Å². The number of likely N-dealkylation sites (N-methyl/N-ethyl adjacent to an activating group) is 1. The molecule has 186 valence electrons. The van der Waals surface area contributed by atoms with Crippen LogP contribution in [0.4, 0.5) is 11.8 Å². The Hall–Kier alpha value is -3.99. The molecule has 0 unspecified atom stereocenters. The maximum atomic E-state index is 12.5. The molecule has 0 radical (unpaired) electrons. The van der Waals surface area contributed by atoms with Gasteiger partial charge in [-0.05, 0) is 12.5 Å². The van der Waals surface area contributed by atoms with Crippen molar-refractivity contribution in [1.29, 1.82) is 0 Å². The number of anilines is 2. The number of imidazole rings is 1. The monoisotopic (exact) mass is 487 g/mol. The summed E-state index contributed by atoms with van der Waals surface area (Å²) in [5.74, 6) is 2.09. The molecule has 2 aliphatic heterocycles. The first-order valence-corrected chi connectivity index (χ1v) is 12.3. The van der Waals surface area contributed by atoms with Crippen molar-refractivity contribution >= 4 is 28.8 Å². The summed E-state index contributed by atoms with van der Waals surface area (Å²) < 4.78 is 9.38. The highest BCUT2D eigenvalue weighted by atomic mass is 16.5. The number of carbonyl (C=O) groups excluding carboxylic acids is 1. The average Bonchev–Trinajstić information content (AvgIpc) is 3.56. The van der Waals surface area contributed by atoms with Crippen LogP contribution in [-0.2, 0) is 16.1 Å². The van der Waals surface area contributed by atoms with E-state index in [1.165, 1.54) is 0 Å². The van der Waals surface area contributed by atoms with Crippen molar-refractivity contribution in [2.75, 3.05) is 62.8 Å². The normalized spacial score (nSPS) is 16.8. The van der Waals surface area contributed by atoms with Crippen molar-refractivity contribution in [3.8, 4) is 17.1 Å². The molecule has 11 heteroatoms. The molecule has 0 saturated carbocycles. The third-order valence-electron chi connectivity index (χ3n) is 6.81. The number of piperazine rings is 1. The Kier molecular flexibility index (Phi) is 5.76. The van der Waals surface area contributed by atoms with Gasteiger partial charge in [-0.15, -0.1) is 0 Å². The van der Waals surface area contributed by atoms with Crippen LogP contribution in [0.25, 0.3) is 28.2 Å². The van der Waals surface area contributed by atoms with Crippen molar-refractivity contribution in [1.82, 2.24) is 34.2 Å². The highest BCUT2D eigenvalue weighted by molar-refractivity contribution is 5.88. The fourth-order valence-electron chi connectivity index (χ4n) is 4.74. The number of benzene rings is 1. The van der Waals surface area contributed by atoms with E-state index in [1.807, 2.05) is 42.5 Å². The summed E-state index contributed by atoms with van der Waals surface area (Å²) in [4.78, 5) is 33.3. The van der Waals surface area contributed by atoms with Crippen LogP contribution in [0.5, 0.6) is 0 Å². The van der Waals surface area contributed by atoms with Gasteiger partial charge >= 0.3 is 0 Å². The summed E-state index contributed by atoms with van der Waals surface area (Å²) >= 11 is 0. The number of rotatable bonds is 5. The largest absolute Gasteiger partial charge is 0.378 e. The Morgan fingerprint density at radius 1 is 0.944 bits per heavy atom. The Bertz CT molecular complexity index is 1390. The first kappa shape index (κ1) is 22.5. The second-order valence-electron chi connectivity index (χ2n) is 9.05. The van der Waals surface area contributed by atoms with E-state index in [1.54, 1.807) is 9.58 Å². The fraction of sp³-hybridized carbons (Fsp3) is 0.400. The van der Waals surface area contributed by atoms with Gasteiger partial charge in [0.05, 0.1) is 26.0 Å². The molecule has 5 heterocycles. The highest BCUT2D eigenvalue weighted by Crippen LogP contribution is 2.30. The smallest absolute Gasteiger partial charge is 0.254 e. The molecule has 2 fully saturated rings. The quantitative estimate of drug-likeness (QED) is 0.421. The number of amides is 1. The second kappa shape index (κ2) is 9.23. The third kappa shape index (κ3) is 3.95. The van der Waals surface area contributed by atoms with E-state index in [2.05, 4.69) is 33.6 Å². The van der Waals surface area contributed by atoms with Crippen LogP contribution in [-0.4, -0.2) is 93.1 Å². The first-order valence-electron chi connectivity index (χ1n) is 12.3. The number of ether oxygens (including phenoxy) is 1. The number of hydrogen-bond donors (Lipinski definition) is 0. The molecule has 2 saturated heterocycles. The third-order valence-corrected chi connectivity index (χ3v) is 6.81. The zero-order valence-corrected chi connectivity index (χ0v) is 20.5. The fourth-order valence-corrected chi connectivity index (χ4v) is 4.74. The van der Waals surface area contributed by atoms with E-state index in [9.17, 15) is 4.79 Å². The molecule has 1 amide bonds. The Morgan fingerprint density at radius 3 is 2.50 bits per heavy atom. The lowest BCUT2D eigenvalue weighted by Gasteiger charge is -2.32. The molecule has 1 aromatic carbocycles. The minimum atomic E-state index is 0.0844. The van der Waals surface area contributed by atoms with E-state index in [4.69, 9.17) is 19.7 Å².